The molecule has 4 saturated heterocycles. The topological polar surface area (TPSA) is 54.0 Å². The monoisotopic (exact) mass is 282 g/mol. The maximum atomic E-state index is 11.6. The van der Waals surface area contributed by atoms with Crippen molar-refractivity contribution in [3.63, 3.8) is 0 Å². The van der Waals surface area contributed by atoms with E-state index in [-0.39, 0.29) is 5.92 Å². The summed E-state index contributed by atoms with van der Waals surface area (Å²) in [6.07, 6.45) is 4.20. The first-order chi connectivity index (χ1) is 9.44. The van der Waals surface area contributed by atoms with Gasteiger partial charge < -0.3 is 14.3 Å². The smallest absolute Gasteiger partial charge is 0.201 e. The Hall–Kier alpha value is -0.490. The molecule has 4 heterocycles. The minimum atomic E-state index is -0.838. The minimum Gasteiger partial charge on any atom is -0.335 e. The van der Waals surface area contributed by atoms with Crippen molar-refractivity contribution in [2.24, 2.45) is 17.8 Å². The van der Waals surface area contributed by atoms with E-state index >= 15 is 0 Å². The molecule has 0 aromatic rings. The lowest BCUT2D eigenvalue weighted by Crippen LogP contribution is -2.61. The Balaban J connectivity index is 1.85. The standard InChI is InChI=1S/C15H22O5/c1-9-4-5-11-13(2,8-16)17-12-15(11)10(9)6-7-14(3,18-12)19-20-15/h8-12H,4-7H2,1-3H3/t9-,10+,11+,12-,13?,14-,15-/m1/s1. The lowest BCUT2D eigenvalue weighted by Gasteiger charge is -2.50. The molecule has 0 radical (unpaired) electrons. The quantitative estimate of drug-likeness (QED) is 0.545. The van der Waals surface area contributed by atoms with E-state index in [1.165, 1.54) is 0 Å². The van der Waals surface area contributed by atoms with Gasteiger partial charge in [-0.3, -0.25) is 0 Å². The molecule has 0 amide bonds. The van der Waals surface area contributed by atoms with Crippen molar-refractivity contribution in [2.75, 3.05) is 0 Å². The molecular formula is C15H22O5. The van der Waals surface area contributed by atoms with Crippen LogP contribution in [0.25, 0.3) is 0 Å². The second-order valence-electron chi connectivity index (χ2n) is 7.28. The average molecular weight is 282 g/mol. The first-order valence-electron chi connectivity index (χ1n) is 7.62. The van der Waals surface area contributed by atoms with Crippen LogP contribution in [0.2, 0.25) is 0 Å². The van der Waals surface area contributed by atoms with E-state index in [0.717, 1.165) is 32.0 Å². The average Bonchev–Trinajstić information content (AvgIpc) is 2.51. The molecule has 7 atom stereocenters. The summed E-state index contributed by atoms with van der Waals surface area (Å²) in [6.45, 7) is 5.99. The van der Waals surface area contributed by atoms with Crippen LogP contribution >= 0.6 is 0 Å². The van der Waals surface area contributed by atoms with Gasteiger partial charge in [-0.25, -0.2) is 9.78 Å². The molecule has 2 bridgehead atoms. The zero-order chi connectivity index (χ0) is 14.2. The fourth-order valence-corrected chi connectivity index (χ4v) is 4.86. The number of carbonyl (C=O) groups is 1. The van der Waals surface area contributed by atoms with Gasteiger partial charge in [-0.1, -0.05) is 6.92 Å². The van der Waals surface area contributed by atoms with E-state index in [1.54, 1.807) is 0 Å². The molecule has 5 rings (SSSR count). The van der Waals surface area contributed by atoms with Crippen LogP contribution < -0.4 is 0 Å². The van der Waals surface area contributed by atoms with Crippen molar-refractivity contribution < 1.29 is 24.0 Å². The summed E-state index contributed by atoms with van der Waals surface area (Å²) in [5, 5.41) is 0. The van der Waals surface area contributed by atoms with E-state index in [9.17, 15) is 4.79 Å². The fourth-order valence-electron chi connectivity index (χ4n) is 4.86. The van der Waals surface area contributed by atoms with Gasteiger partial charge in [-0.05, 0) is 44.9 Å². The molecule has 5 heteroatoms. The molecular weight excluding hydrogens is 260 g/mol. The molecule has 0 aromatic carbocycles. The predicted octanol–water partition coefficient (Wildman–Crippen LogP) is 2.19. The Kier molecular flexibility index (Phi) is 2.52. The van der Waals surface area contributed by atoms with Gasteiger partial charge in [0, 0.05) is 12.3 Å². The summed E-state index contributed by atoms with van der Waals surface area (Å²) >= 11 is 0. The molecule has 0 N–H and O–H groups in total. The zero-order valence-electron chi connectivity index (χ0n) is 12.3. The fraction of sp³-hybridized carbons (Fsp3) is 0.933. The van der Waals surface area contributed by atoms with Gasteiger partial charge in [-0.2, -0.15) is 0 Å². The number of fused-ring (bicyclic) bond motifs is 2. The summed E-state index contributed by atoms with van der Waals surface area (Å²) in [5.74, 6) is 0.0868. The van der Waals surface area contributed by atoms with Crippen LogP contribution in [-0.2, 0) is 24.0 Å². The van der Waals surface area contributed by atoms with Crippen molar-refractivity contribution in [2.45, 2.75) is 69.7 Å². The molecule has 20 heavy (non-hydrogen) atoms. The summed E-state index contributed by atoms with van der Waals surface area (Å²) in [6, 6.07) is 0. The molecule has 5 nitrogen and oxygen atoms in total. The number of ether oxygens (including phenoxy) is 2. The highest BCUT2D eigenvalue weighted by Crippen LogP contribution is 2.62. The Bertz CT molecular complexity index is 454. The van der Waals surface area contributed by atoms with E-state index < -0.39 is 23.3 Å². The van der Waals surface area contributed by atoms with Crippen LogP contribution in [0.15, 0.2) is 0 Å². The zero-order valence-corrected chi connectivity index (χ0v) is 12.3. The number of aldehydes is 1. The van der Waals surface area contributed by atoms with E-state index in [1.807, 2.05) is 13.8 Å². The summed E-state index contributed by atoms with van der Waals surface area (Å²) in [5.41, 5.74) is -1.46. The molecule has 1 saturated carbocycles. The van der Waals surface area contributed by atoms with Crippen LogP contribution in [0.1, 0.15) is 46.5 Å². The first kappa shape index (κ1) is 13.2. The van der Waals surface area contributed by atoms with E-state index in [0.29, 0.717) is 11.8 Å². The number of rotatable bonds is 1. The summed E-state index contributed by atoms with van der Waals surface area (Å²) in [4.78, 5) is 23.2. The Morgan fingerprint density at radius 1 is 1.10 bits per heavy atom. The molecule has 112 valence electrons. The van der Waals surface area contributed by atoms with Gasteiger partial charge in [0.15, 0.2) is 18.2 Å². The summed E-state index contributed by atoms with van der Waals surface area (Å²) < 4.78 is 12.1. The Morgan fingerprint density at radius 3 is 2.65 bits per heavy atom. The van der Waals surface area contributed by atoms with Crippen molar-refractivity contribution in [1.82, 2.24) is 0 Å². The normalized spacial score (nSPS) is 61.0. The van der Waals surface area contributed by atoms with Gasteiger partial charge in [0.1, 0.15) is 5.60 Å². The second kappa shape index (κ2) is 3.83. The highest BCUT2D eigenvalue weighted by molar-refractivity contribution is 5.64. The van der Waals surface area contributed by atoms with Crippen molar-refractivity contribution in [1.29, 1.82) is 0 Å². The van der Waals surface area contributed by atoms with Gasteiger partial charge in [-0.15, -0.1) is 0 Å². The number of hydrogen-bond donors (Lipinski definition) is 0. The van der Waals surface area contributed by atoms with Crippen molar-refractivity contribution in [3.05, 3.63) is 0 Å². The highest BCUT2D eigenvalue weighted by Gasteiger charge is 2.74. The van der Waals surface area contributed by atoms with Gasteiger partial charge >= 0.3 is 0 Å². The van der Waals surface area contributed by atoms with Crippen LogP contribution in [0.5, 0.6) is 0 Å². The molecule has 5 fully saturated rings. The van der Waals surface area contributed by atoms with Crippen LogP contribution in [0.4, 0.5) is 0 Å². The first-order valence-corrected chi connectivity index (χ1v) is 7.62. The van der Waals surface area contributed by atoms with Crippen molar-refractivity contribution >= 4 is 6.29 Å². The van der Waals surface area contributed by atoms with E-state index in [4.69, 9.17) is 19.2 Å². The third-order valence-corrected chi connectivity index (χ3v) is 6.01. The Labute approximate surface area is 118 Å². The molecule has 4 aliphatic heterocycles. The second-order valence-corrected chi connectivity index (χ2v) is 7.28. The third kappa shape index (κ3) is 1.39. The Morgan fingerprint density at radius 2 is 1.90 bits per heavy atom. The highest BCUT2D eigenvalue weighted by atomic mass is 17.3. The largest absolute Gasteiger partial charge is 0.335 e. The number of hydrogen-bond acceptors (Lipinski definition) is 5. The molecule has 1 aliphatic carbocycles. The number of carbonyl (C=O) groups excluding carboxylic acids is 1. The maximum Gasteiger partial charge on any atom is 0.201 e. The SMILES string of the molecule is C[C@@H]1CC[C@H]2C(C)(C=O)O[C@@H]3O[C@@]4(C)CC[C@@H]1[C@]32OO4. The van der Waals surface area contributed by atoms with E-state index in [2.05, 4.69) is 6.92 Å². The van der Waals surface area contributed by atoms with Crippen LogP contribution in [0, 0.1) is 17.8 Å². The third-order valence-electron chi connectivity index (χ3n) is 6.01. The maximum absolute atomic E-state index is 11.6. The lowest BCUT2D eigenvalue weighted by atomic mass is 9.60. The molecule has 1 spiro atoms. The van der Waals surface area contributed by atoms with Gasteiger partial charge in [0.25, 0.3) is 0 Å². The van der Waals surface area contributed by atoms with Gasteiger partial charge in [0.2, 0.25) is 5.79 Å². The van der Waals surface area contributed by atoms with Crippen LogP contribution in [-0.4, -0.2) is 29.6 Å². The molecule has 1 unspecified atom stereocenters. The summed E-state index contributed by atoms with van der Waals surface area (Å²) in [7, 11) is 0. The van der Waals surface area contributed by atoms with Crippen LogP contribution in [0.3, 0.4) is 0 Å². The van der Waals surface area contributed by atoms with Gasteiger partial charge in [0.05, 0.1) is 0 Å². The predicted molar refractivity (Wildman–Crippen MR) is 68.3 cm³/mol. The molecule has 0 aromatic heterocycles. The van der Waals surface area contributed by atoms with Crippen molar-refractivity contribution in [3.8, 4) is 0 Å². The molecule has 5 aliphatic rings. The lowest BCUT2D eigenvalue weighted by molar-refractivity contribution is -0.541. The minimum absolute atomic E-state index is 0.00125.